The Hall–Kier alpha value is 0.237. The van der Waals surface area contributed by atoms with Gasteiger partial charge in [-0.05, 0) is 23.8 Å². The van der Waals surface area contributed by atoms with Crippen LogP contribution >= 0.6 is 8.25 Å². The largest absolute Gasteiger partial charge is 0.697 e. The Bertz CT molecular complexity index is 174. The molecule has 0 saturated carbocycles. The van der Waals surface area contributed by atoms with Gasteiger partial charge < -0.3 is 0 Å². The summed E-state index contributed by atoms with van der Waals surface area (Å²) in [6.07, 6.45) is 11.8. The fourth-order valence-electron chi connectivity index (χ4n) is 1.73. The number of hydrogen-bond donors (Lipinski definition) is 0. The van der Waals surface area contributed by atoms with Crippen LogP contribution in [0.25, 0.3) is 0 Å². The van der Waals surface area contributed by atoms with Crippen LogP contribution in [-0.2, 0) is 13.6 Å². The van der Waals surface area contributed by atoms with E-state index in [1.807, 2.05) is 0 Å². The predicted molar refractivity (Wildman–Crippen MR) is 88.4 cm³/mol. The molecule has 0 N–H and O–H groups in total. The molecular formula is C14H34O3PSi+. The van der Waals surface area contributed by atoms with Gasteiger partial charge in [-0.2, -0.15) is 0 Å². The molecule has 5 heteroatoms. The molecule has 0 aliphatic rings. The monoisotopic (exact) mass is 309 g/mol. The van der Waals surface area contributed by atoms with E-state index in [-0.39, 0.29) is 11.0 Å². The van der Waals surface area contributed by atoms with Crippen LogP contribution in [0.3, 0.4) is 0 Å². The molecule has 0 rings (SSSR count). The lowest BCUT2D eigenvalue weighted by Gasteiger charge is -1.96. The quantitative estimate of drug-likeness (QED) is 0.274. The molecule has 0 unspecified atom stereocenters. The van der Waals surface area contributed by atoms with Crippen molar-refractivity contribution in [3.8, 4) is 0 Å². The Balaban J connectivity index is 0. The SMILES string of the molecule is CCCCCCCO[P+](=O)OCCCCCCC.[SiH4]. The summed E-state index contributed by atoms with van der Waals surface area (Å²) in [4.78, 5) is 0. The maximum Gasteiger partial charge on any atom is 0.697 e. The lowest BCUT2D eigenvalue weighted by molar-refractivity contribution is 0.218. The average Bonchev–Trinajstić information content (AvgIpc) is 2.38. The van der Waals surface area contributed by atoms with Crippen molar-refractivity contribution >= 4 is 19.2 Å². The van der Waals surface area contributed by atoms with Crippen molar-refractivity contribution in [2.75, 3.05) is 13.2 Å². The molecule has 0 bridgehead atoms. The summed E-state index contributed by atoms with van der Waals surface area (Å²) in [6, 6.07) is 0. The molecule has 116 valence electrons. The van der Waals surface area contributed by atoms with Gasteiger partial charge in [-0.15, -0.1) is 9.05 Å². The predicted octanol–water partition coefficient (Wildman–Crippen LogP) is 4.17. The third kappa shape index (κ3) is 18.2. The smallest absolute Gasteiger partial charge is 0.119 e. The summed E-state index contributed by atoms with van der Waals surface area (Å²) in [6.45, 7) is 5.52. The maximum absolute atomic E-state index is 11.3. The minimum atomic E-state index is -1.88. The third-order valence-electron chi connectivity index (χ3n) is 2.89. The Morgan fingerprint density at radius 3 is 1.42 bits per heavy atom. The van der Waals surface area contributed by atoms with Crippen molar-refractivity contribution in [3.63, 3.8) is 0 Å². The Morgan fingerprint density at radius 1 is 0.684 bits per heavy atom. The van der Waals surface area contributed by atoms with E-state index in [2.05, 4.69) is 13.8 Å². The van der Waals surface area contributed by atoms with Crippen molar-refractivity contribution in [3.05, 3.63) is 0 Å². The van der Waals surface area contributed by atoms with Gasteiger partial charge in [-0.25, -0.2) is 0 Å². The Kier molecular flexibility index (Phi) is 20.7. The first kappa shape index (κ1) is 21.5. The second-order valence-electron chi connectivity index (χ2n) is 4.72. The van der Waals surface area contributed by atoms with Crippen LogP contribution in [0.5, 0.6) is 0 Å². The molecule has 3 nitrogen and oxygen atoms in total. The molecule has 0 spiro atoms. The van der Waals surface area contributed by atoms with Gasteiger partial charge in [0, 0.05) is 4.57 Å². The van der Waals surface area contributed by atoms with Crippen molar-refractivity contribution in [2.24, 2.45) is 0 Å². The topological polar surface area (TPSA) is 35.5 Å². The lowest BCUT2D eigenvalue weighted by atomic mass is 10.2. The standard InChI is InChI=1S/C14H30O3P.H4Si/c1-3-5-7-9-11-13-16-18(15)17-14-12-10-8-6-4-2;/h3-14H2,1-2H3;1H4/q+1;. The van der Waals surface area contributed by atoms with E-state index < -0.39 is 8.25 Å². The molecule has 0 fully saturated rings. The minimum absolute atomic E-state index is 0. The van der Waals surface area contributed by atoms with Crippen molar-refractivity contribution in [2.45, 2.75) is 78.1 Å². The molecule has 0 aromatic heterocycles. The maximum atomic E-state index is 11.3. The lowest BCUT2D eigenvalue weighted by Crippen LogP contribution is -1.92. The number of hydrogen-bond acceptors (Lipinski definition) is 3. The van der Waals surface area contributed by atoms with Crippen LogP contribution in [0.1, 0.15) is 78.1 Å². The molecule has 0 aliphatic carbocycles. The van der Waals surface area contributed by atoms with Gasteiger partial charge in [0.2, 0.25) is 0 Å². The van der Waals surface area contributed by atoms with Crippen molar-refractivity contribution in [1.29, 1.82) is 0 Å². The van der Waals surface area contributed by atoms with Crippen molar-refractivity contribution < 1.29 is 13.6 Å². The van der Waals surface area contributed by atoms with E-state index in [0.717, 1.165) is 25.7 Å². The molecule has 0 radical (unpaired) electrons. The normalized spacial score (nSPS) is 10.2. The van der Waals surface area contributed by atoms with Crippen LogP contribution in [0.2, 0.25) is 0 Å². The average molecular weight is 309 g/mol. The number of unbranched alkanes of at least 4 members (excludes halogenated alkanes) is 8. The van der Waals surface area contributed by atoms with E-state index in [1.165, 1.54) is 38.5 Å². The molecule has 0 amide bonds. The molecule has 0 aromatic carbocycles. The van der Waals surface area contributed by atoms with Crippen LogP contribution < -0.4 is 0 Å². The van der Waals surface area contributed by atoms with E-state index >= 15 is 0 Å². The minimum Gasteiger partial charge on any atom is -0.119 e. The van der Waals surface area contributed by atoms with Gasteiger partial charge in [0.25, 0.3) is 0 Å². The van der Waals surface area contributed by atoms with E-state index in [9.17, 15) is 4.57 Å². The highest BCUT2D eigenvalue weighted by Crippen LogP contribution is 2.24. The van der Waals surface area contributed by atoms with E-state index in [1.54, 1.807) is 0 Å². The highest BCUT2D eigenvalue weighted by molar-refractivity contribution is 7.33. The summed E-state index contributed by atoms with van der Waals surface area (Å²) < 4.78 is 21.6. The Morgan fingerprint density at radius 2 is 1.05 bits per heavy atom. The van der Waals surface area contributed by atoms with Gasteiger partial charge in [-0.3, -0.25) is 0 Å². The highest BCUT2D eigenvalue weighted by Gasteiger charge is 2.18. The molecule has 0 heterocycles. The molecule has 0 atom stereocenters. The fourth-order valence-corrected chi connectivity index (χ4v) is 2.36. The summed E-state index contributed by atoms with van der Waals surface area (Å²) in [5, 5.41) is 0. The van der Waals surface area contributed by atoms with Gasteiger partial charge in [0.1, 0.15) is 13.2 Å². The zero-order valence-corrected chi connectivity index (χ0v) is 13.1. The summed E-state index contributed by atoms with van der Waals surface area (Å²) in [5.74, 6) is 0. The zero-order valence-electron chi connectivity index (χ0n) is 12.2. The van der Waals surface area contributed by atoms with Gasteiger partial charge >= 0.3 is 8.25 Å². The third-order valence-corrected chi connectivity index (χ3v) is 3.68. The van der Waals surface area contributed by atoms with Crippen LogP contribution in [-0.4, -0.2) is 24.2 Å². The first-order valence-corrected chi connectivity index (χ1v) is 8.63. The van der Waals surface area contributed by atoms with Crippen LogP contribution in [0.15, 0.2) is 0 Å². The molecule has 0 aliphatic heterocycles. The second kappa shape index (κ2) is 18.2. The highest BCUT2D eigenvalue weighted by atomic mass is 31.1. The van der Waals surface area contributed by atoms with Crippen LogP contribution in [0.4, 0.5) is 0 Å². The fraction of sp³-hybridized carbons (Fsp3) is 1.00. The van der Waals surface area contributed by atoms with Gasteiger partial charge in [0.05, 0.1) is 0 Å². The molecule has 0 saturated heterocycles. The van der Waals surface area contributed by atoms with E-state index in [4.69, 9.17) is 9.05 Å². The molecule has 0 aromatic rings. The zero-order chi connectivity index (χ0) is 13.5. The number of rotatable bonds is 14. The van der Waals surface area contributed by atoms with Crippen LogP contribution in [0, 0.1) is 0 Å². The van der Waals surface area contributed by atoms with E-state index in [0.29, 0.717) is 13.2 Å². The van der Waals surface area contributed by atoms with Gasteiger partial charge in [-0.1, -0.05) is 65.2 Å². The first-order chi connectivity index (χ1) is 8.81. The summed E-state index contributed by atoms with van der Waals surface area (Å²) in [5.41, 5.74) is 0. The van der Waals surface area contributed by atoms with Gasteiger partial charge in [0.15, 0.2) is 0 Å². The second-order valence-corrected chi connectivity index (χ2v) is 5.68. The molecule has 19 heavy (non-hydrogen) atoms. The summed E-state index contributed by atoms with van der Waals surface area (Å²) in [7, 11) is -1.88. The molecular weight excluding hydrogens is 275 g/mol. The summed E-state index contributed by atoms with van der Waals surface area (Å²) >= 11 is 0. The van der Waals surface area contributed by atoms with Crippen molar-refractivity contribution in [1.82, 2.24) is 0 Å². The Labute approximate surface area is 124 Å². The first-order valence-electron chi connectivity index (χ1n) is 7.54.